The molecule has 0 saturated heterocycles. The molecule has 1 fully saturated rings. The molecule has 3 N–H and O–H groups in total. The number of rotatable bonds is 8. The Kier molecular flexibility index (Phi) is 8.16. The maximum atomic E-state index is 12.0. The van der Waals surface area contributed by atoms with E-state index >= 15 is 0 Å². The van der Waals surface area contributed by atoms with Crippen LogP contribution in [0.25, 0.3) is 0 Å². The van der Waals surface area contributed by atoms with Gasteiger partial charge in [0.05, 0.1) is 5.92 Å². The standard InChI is InChI=1S/C16H30N2O3/c1-3-5-7-13(6-4-2)17-16(21)18-14-10-8-12(9-11-14)15(19)20/h12-14H,3-11H2,1-2H3,(H,19,20)(H2,17,18,21). The maximum absolute atomic E-state index is 12.0. The Bertz CT molecular complexity index is 325. The zero-order valence-corrected chi connectivity index (χ0v) is 13.4. The third-order valence-corrected chi connectivity index (χ3v) is 4.29. The van der Waals surface area contributed by atoms with Crippen LogP contribution < -0.4 is 10.6 Å². The van der Waals surface area contributed by atoms with Crippen molar-refractivity contribution in [3.05, 3.63) is 0 Å². The molecule has 1 saturated carbocycles. The quantitative estimate of drug-likeness (QED) is 0.643. The number of hydrogen-bond donors (Lipinski definition) is 3. The summed E-state index contributed by atoms with van der Waals surface area (Å²) in [7, 11) is 0. The van der Waals surface area contributed by atoms with Gasteiger partial charge >= 0.3 is 12.0 Å². The van der Waals surface area contributed by atoms with E-state index in [4.69, 9.17) is 5.11 Å². The Labute approximate surface area is 127 Å². The summed E-state index contributed by atoms with van der Waals surface area (Å²) in [5.74, 6) is -0.941. The number of hydrogen-bond acceptors (Lipinski definition) is 2. The average Bonchev–Trinajstić information content (AvgIpc) is 2.45. The first-order valence-electron chi connectivity index (χ1n) is 8.36. The van der Waals surface area contributed by atoms with Crippen LogP contribution in [-0.2, 0) is 4.79 Å². The number of amides is 2. The van der Waals surface area contributed by atoms with Gasteiger partial charge in [-0.2, -0.15) is 0 Å². The number of carboxylic acid groups (broad SMARTS) is 1. The van der Waals surface area contributed by atoms with Crippen LogP contribution in [0.3, 0.4) is 0 Å². The summed E-state index contributed by atoms with van der Waals surface area (Å²) in [5, 5.41) is 15.0. The Balaban J connectivity index is 2.30. The number of carboxylic acids is 1. The summed E-state index contributed by atoms with van der Waals surface area (Å²) in [6.07, 6.45) is 8.23. The lowest BCUT2D eigenvalue weighted by Crippen LogP contribution is -2.47. The lowest BCUT2D eigenvalue weighted by molar-refractivity contribution is -0.142. The first kappa shape index (κ1) is 17.8. The van der Waals surface area contributed by atoms with E-state index in [1.807, 2.05) is 0 Å². The smallest absolute Gasteiger partial charge is 0.315 e. The zero-order valence-electron chi connectivity index (χ0n) is 13.4. The molecule has 5 heteroatoms. The fourth-order valence-corrected chi connectivity index (χ4v) is 2.98. The predicted octanol–water partition coefficient (Wildman–Crippen LogP) is 3.29. The Morgan fingerprint density at radius 1 is 1.10 bits per heavy atom. The number of nitrogens with one attached hydrogen (secondary N) is 2. The molecule has 0 aromatic rings. The highest BCUT2D eigenvalue weighted by Gasteiger charge is 2.26. The van der Waals surface area contributed by atoms with E-state index in [2.05, 4.69) is 24.5 Å². The van der Waals surface area contributed by atoms with Crippen LogP contribution in [0.1, 0.15) is 71.6 Å². The zero-order chi connectivity index (χ0) is 15.7. The second kappa shape index (κ2) is 9.64. The summed E-state index contributed by atoms with van der Waals surface area (Å²) in [6, 6.07) is 0.280. The van der Waals surface area contributed by atoms with Crippen molar-refractivity contribution in [3.8, 4) is 0 Å². The molecule has 1 unspecified atom stereocenters. The highest BCUT2D eigenvalue weighted by Crippen LogP contribution is 2.24. The fourth-order valence-electron chi connectivity index (χ4n) is 2.98. The minimum absolute atomic E-state index is 0.0941. The first-order valence-corrected chi connectivity index (χ1v) is 8.36. The van der Waals surface area contributed by atoms with Gasteiger partial charge in [0.1, 0.15) is 0 Å². The number of carbonyl (C=O) groups is 2. The Hall–Kier alpha value is -1.26. The van der Waals surface area contributed by atoms with Gasteiger partial charge in [0, 0.05) is 12.1 Å². The second-order valence-electron chi connectivity index (χ2n) is 6.13. The van der Waals surface area contributed by atoms with Crippen LogP contribution in [0.5, 0.6) is 0 Å². The molecule has 1 atom stereocenters. The lowest BCUT2D eigenvalue weighted by atomic mass is 9.86. The minimum Gasteiger partial charge on any atom is -0.481 e. The largest absolute Gasteiger partial charge is 0.481 e. The van der Waals surface area contributed by atoms with Crippen LogP contribution >= 0.6 is 0 Å². The molecule has 0 heterocycles. The van der Waals surface area contributed by atoms with Crippen LogP contribution in [0.2, 0.25) is 0 Å². The molecule has 5 nitrogen and oxygen atoms in total. The first-order chi connectivity index (χ1) is 10.1. The highest BCUT2D eigenvalue weighted by atomic mass is 16.4. The topological polar surface area (TPSA) is 78.4 Å². The highest BCUT2D eigenvalue weighted by molar-refractivity contribution is 5.74. The van der Waals surface area contributed by atoms with Crippen molar-refractivity contribution < 1.29 is 14.7 Å². The summed E-state index contributed by atoms with van der Waals surface area (Å²) in [6.45, 7) is 4.29. The third kappa shape index (κ3) is 6.82. The van der Waals surface area contributed by atoms with Gasteiger partial charge in [0.15, 0.2) is 0 Å². The Morgan fingerprint density at radius 3 is 2.29 bits per heavy atom. The van der Waals surface area contributed by atoms with Crippen molar-refractivity contribution in [2.75, 3.05) is 0 Å². The molecule has 1 aliphatic carbocycles. The van der Waals surface area contributed by atoms with Gasteiger partial charge in [-0.25, -0.2) is 4.79 Å². The predicted molar refractivity (Wildman–Crippen MR) is 83.3 cm³/mol. The van der Waals surface area contributed by atoms with E-state index in [1.165, 1.54) is 0 Å². The SMILES string of the molecule is CCCCC(CCC)NC(=O)NC1CCC(C(=O)O)CC1. The molecule has 21 heavy (non-hydrogen) atoms. The van der Waals surface area contributed by atoms with Gasteiger partial charge in [0.2, 0.25) is 0 Å². The van der Waals surface area contributed by atoms with E-state index in [1.54, 1.807) is 0 Å². The average molecular weight is 298 g/mol. The van der Waals surface area contributed by atoms with E-state index in [0.717, 1.165) is 44.9 Å². The van der Waals surface area contributed by atoms with E-state index in [-0.39, 0.29) is 24.0 Å². The van der Waals surface area contributed by atoms with Gasteiger partial charge < -0.3 is 15.7 Å². The minimum atomic E-state index is -0.708. The van der Waals surface area contributed by atoms with Crippen molar-refractivity contribution in [1.82, 2.24) is 10.6 Å². The van der Waals surface area contributed by atoms with Crippen molar-refractivity contribution in [1.29, 1.82) is 0 Å². The summed E-state index contributed by atoms with van der Waals surface area (Å²) in [5.41, 5.74) is 0. The van der Waals surface area contributed by atoms with Gasteiger partial charge in [-0.15, -0.1) is 0 Å². The van der Waals surface area contributed by atoms with Crippen LogP contribution in [0.15, 0.2) is 0 Å². The Morgan fingerprint density at radius 2 is 1.76 bits per heavy atom. The van der Waals surface area contributed by atoms with Gasteiger partial charge in [-0.1, -0.05) is 33.1 Å². The molecule has 1 rings (SSSR count). The van der Waals surface area contributed by atoms with Crippen molar-refractivity contribution in [3.63, 3.8) is 0 Å². The van der Waals surface area contributed by atoms with Gasteiger partial charge in [-0.05, 0) is 38.5 Å². The number of unbranched alkanes of at least 4 members (excludes halogenated alkanes) is 1. The number of aliphatic carboxylic acids is 1. The van der Waals surface area contributed by atoms with E-state index in [9.17, 15) is 9.59 Å². The van der Waals surface area contributed by atoms with Crippen LogP contribution in [0, 0.1) is 5.92 Å². The van der Waals surface area contributed by atoms with Crippen molar-refractivity contribution in [2.24, 2.45) is 5.92 Å². The fraction of sp³-hybridized carbons (Fsp3) is 0.875. The third-order valence-electron chi connectivity index (χ3n) is 4.29. The van der Waals surface area contributed by atoms with Crippen LogP contribution in [-0.4, -0.2) is 29.2 Å². The summed E-state index contributed by atoms with van der Waals surface area (Å²) >= 11 is 0. The normalized spacial score (nSPS) is 23.3. The molecule has 0 spiro atoms. The molecule has 0 aliphatic heterocycles. The molecule has 0 radical (unpaired) electrons. The lowest BCUT2D eigenvalue weighted by Gasteiger charge is -2.28. The molecule has 0 bridgehead atoms. The molecule has 1 aliphatic rings. The van der Waals surface area contributed by atoms with Gasteiger partial charge in [-0.3, -0.25) is 4.79 Å². The van der Waals surface area contributed by atoms with E-state index < -0.39 is 5.97 Å². The monoisotopic (exact) mass is 298 g/mol. The van der Waals surface area contributed by atoms with Crippen molar-refractivity contribution in [2.45, 2.75) is 83.7 Å². The molecular formula is C16H30N2O3. The molecule has 2 amide bonds. The van der Waals surface area contributed by atoms with Crippen molar-refractivity contribution >= 4 is 12.0 Å². The number of urea groups is 1. The molecular weight excluding hydrogens is 268 g/mol. The molecule has 0 aromatic heterocycles. The van der Waals surface area contributed by atoms with E-state index in [0.29, 0.717) is 12.8 Å². The molecule has 0 aromatic carbocycles. The molecule has 122 valence electrons. The summed E-state index contributed by atoms with van der Waals surface area (Å²) < 4.78 is 0. The second-order valence-corrected chi connectivity index (χ2v) is 6.13. The van der Waals surface area contributed by atoms with Crippen LogP contribution in [0.4, 0.5) is 4.79 Å². The number of carbonyl (C=O) groups excluding carboxylic acids is 1. The summed E-state index contributed by atoms with van der Waals surface area (Å²) in [4.78, 5) is 22.9. The van der Waals surface area contributed by atoms with Gasteiger partial charge in [0.25, 0.3) is 0 Å². The maximum Gasteiger partial charge on any atom is 0.315 e.